The number of amides is 1. The fourth-order valence-corrected chi connectivity index (χ4v) is 2.84. The van der Waals surface area contributed by atoms with Crippen LogP contribution in [0, 0.1) is 0 Å². The van der Waals surface area contributed by atoms with Crippen molar-refractivity contribution in [1.82, 2.24) is 10.2 Å². The number of nitrogens with zero attached hydrogens (tertiary/aromatic N) is 1. The van der Waals surface area contributed by atoms with Crippen molar-refractivity contribution in [1.29, 1.82) is 0 Å². The van der Waals surface area contributed by atoms with Crippen LogP contribution in [0.3, 0.4) is 0 Å². The van der Waals surface area contributed by atoms with E-state index in [1.54, 1.807) is 0 Å². The van der Waals surface area contributed by atoms with Gasteiger partial charge in [-0.3, -0.25) is 4.79 Å². The van der Waals surface area contributed by atoms with E-state index in [-0.39, 0.29) is 18.1 Å². The molecule has 1 heterocycles. The molecule has 1 aliphatic heterocycles. The molecule has 2 rings (SSSR count). The Morgan fingerprint density at radius 2 is 1.88 bits per heavy atom. The van der Waals surface area contributed by atoms with Crippen LogP contribution < -0.4 is 5.32 Å². The molecule has 98 valence electrons. The Morgan fingerprint density at radius 3 is 2.59 bits per heavy atom. The average Bonchev–Trinajstić information content (AvgIpc) is 2.85. The lowest BCUT2D eigenvalue weighted by molar-refractivity contribution is -0.130. The van der Waals surface area contributed by atoms with Gasteiger partial charge in [0.2, 0.25) is 5.91 Å². The van der Waals surface area contributed by atoms with Crippen LogP contribution in [0.5, 0.6) is 0 Å². The summed E-state index contributed by atoms with van der Waals surface area (Å²) in [5.74, 6) is 0.264. The summed E-state index contributed by atoms with van der Waals surface area (Å²) >= 11 is 0. The third kappa shape index (κ3) is 3.68. The largest absolute Gasteiger partial charge is 0.392 e. The lowest BCUT2D eigenvalue weighted by Crippen LogP contribution is -2.43. The molecule has 4 heteroatoms. The smallest absolute Gasteiger partial charge is 0.223 e. The molecule has 1 amide bonds. The molecule has 0 aromatic rings. The molecule has 17 heavy (non-hydrogen) atoms. The maximum absolute atomic E-state index is 11.8. The van der Waals surface area contributed by atoms with Crippen molar-refractivity contribution in [3.8, 4) is 0 Å². The van der Waals surface area contributed by atoms with E-state index in [0.29, 0.717) is 13.0 Å². The Bertz CT molecular complexity index is 252. The lowest BCUT2D eigenvalue weighted by Gasteiger charge is -2.28. The van der Waals surface area contributed by atoms with Crippen LogP contribution >= 0.6 is 0 Å². The van der Waals surface area contributed by atoms with Gasteiger partial charge in [-0.05, 0) is 25.7 Å². The Hall–Kier alpha value is -0.610. The predicted molar refractivity (Wildman–Crippen MR) is 66.7 cm³/mol. The molecule has 0 spiro atoms. The van der Waals surface area contributed by atoms with Gasteiger partial charge in [0.15, 0.2) is 0 Å². The highest BCUT2D eigenvalue weighted by Crippen LogP contribution is 2.18. The van der Waals surface area contributed by atoms with Crippen molar-refractivity contribution in [2.45, 2.75) is 57.1 Å². The second kappa shape index (κ2) is 6.36. The first-order chi connectivity index (χ1) is 8.27. The third-order valence-electron chi connectivity index (χ3n) is 3.93. The monoisotopic (exact) mass is 240 g/mol. The van der Waals surface area contributed by atoms with Gasteiger partial charge in [0.1, 0.15) is 0 Å². The minimum absolute atomic E-state index is 0.204. The number of carbonyl (C=O) groups excluding carboxylic acids is 1. The standard InChI is InChI=1S/C13H24N2O2/c16-12-6-2-1-5-11(12)14-8-7-13(17)15-9-3-4-10-15/h11-12,14,16H,1-10H2/t11-,12-/m1/s1. The normalized spacial score (nSPS) is 29.6. The SMILES string of the molecule is O=C(CCN[C@@H]1CCCC[C@H]1O)N1CCCC1. The number of carbonyl (C=O) groups is 1. The van der Waals surface area contributed by atoms with E-state index in [1.165, 1.54) is 6.42 Å². The van der Waals surface area contributed by atoms with Crippen LogP contribution in [0.1, 0.15) is 44.9 Å². The summed E-state index contributed by atoms with van der Waals surface area (Å²) in [7, 11) is 0. The molecule has 1 aliphatic carbocycles. The maximum Gasteiger partial charge on any atom is 0.223 e. The summed E-state index contributed by atoms with van der Waals surface area (Å²) in [5, 5.41) is 13.1. The van der Waals surface area contributed by atoms with Gasteiger partial charge in [-0.15, -0.1) is 0 Å². The van der Waals surface area contributed by atoms with Crippen molar-refractivity contribution in [3.05, 3.63) is 0 Å². The molecule has 0 radical (unpaired) electrons. The fraction of sp³-hybridized carbons (Fsp3) is 0.923. The number of hydrogen-bond acceptors (Lipinski definition) is 3. The summed E-state index contributed by atoms with van der Waals surface area (Å²) < 4.78 is 0. The highest BCUT2D eigenvalue weighted by molar-refractivity contribution is 5.76. The van der Waals surface area contributed by atoms with Crippen LogP contribution in [-0.2, 0) is 4.79 Å². The minimum atomic E-state index is -0.217. The Morgan fingerprint density at radius 1 is 1.18 bits per heavy atom. The number of likely N-dealkylation sites (tertiary alicyclic amines) is 1. The molecule has 2 fully saturated rings. The topological polar surface area (TPSA) is 52.6 Å². The van der Waals surface area contributed by atoms with E-state index in [9.17, 15) is 9.90 Å². The lowest BCUT2D eigenvalue weighted by atomic mass is 9.92. The molecule has 0 bridgehead atoms. The summed E-state index contributed by atoms with van der Waals surface area (Å²) in [6, 6.07) is 0.204. The van der Waals surface area contributed by atoms with E-state index in [1.807, 2.05) is 4.90 Å². The Labute approximate surface area is 103 Å². The summed E-state index contributed by atoms with van der Waals surface area (Å²) in [6.07, 6.45) is 6.92. The first-order valence-corrected chi connectivity index (χ1v) is 6.96. The van der Waals surface area contributed by atoms with Gasteiger partial charge in [0, 0.05) is 32.1 Å². The van der Waals surface area contributed by atoms with E-state index in [0.717, 1.165) is 45.2 Å². The second-order valence-corrected chi connectivity index (χ2v) is 5.25. The molecular formula is C13H24N2O2. The molecule has 4 nitrogen and oxygen atoms in total. The second-order valence-electron chi connectivity index (χ2n) is 5.25. The van der Waals surface area contributed by atoms with Crippen LogP contribution in [0.15, 0.2) is 0 Å². The highest BCUT2D eigenvalue weighted by Gasteiger charge is 2.23. The summed E-state index contributed by atoms with van der Waals surface area (Å²) in [4.78, 5) is 13.7. The van der Waals surface area contributed by atoms with E-state index in [4.69, 9.17) is 0 Å². The molecule has 1 saturated heterocycles. The van der Waals surface area contributed by atoms with E-state index in [2.05, 4.69) is 5.32 Å². The zero-order valence-corrected chi connectivity index (χ0v) is 10.5. The molecule has 1 saturated carbocycles. The van der Waals surface area contributed by atoms with E-state index < -0.39 is 0 Å². The van der Waals surface area contributed by atoms with Crippen molar-refractivity contribution in [2.24, 2.45) is 0 Å². The molecule has 0 aromatic carbocycles. The van der Waals surface area contributed by atoms with Crippen molar-refractivity contribution in [3.63, 3.8) is 0 Å². The number of rotatable bonds is 4. The van der Waals surface area contributed by atoms with Gasteiger partial charge < -0.3 is 15.3 Å². The summed E-state index contributed by atoms with van der Waals surface area (Å²) in [6.45, 7) is 2.58. The average molecular weight is 240 g/mol. The molecule has 2 N–H and O–H groups in total. The third-order valence-corrected chi connectivity index (χ3v) is 3.93. The maximum atomic E-state index is 11.8. The molecule has 2 atom stereocenters. The van der Waals surface area contributed by atoms with E-state index >= 15 is 0 Å². The van der Waals surface area contributed by atoms with Gasteiger partial charge >= 0.3 is 0 Å². The van der Waals surface area contributed by atoms with Gasteiger partial charge in [0.05, 0.1) is 6.10 Å². The Balaban J connectivity index is 1.63. The Kier molecular flexibility index (Phi) is 4.80. The number of hydrogen-bond donors (Lipinski definition) is 2. The van der Waals surface area contributed by atoms with Crippen LogP contribution in [0.25, 0.3) is 0 Å². The molecule has 0 unspecified atom stereocenters. The molecular weight excluding hydrogens is 216 g/mol. The molecule has 2 aliphatic rings. The van der Waals surface area contributed by atoms with Crippen molar-refractivity contribution >= 4 is 5.91 Å². The van der Waals surface area contributed by atoms with Gasteiger partial charge in [-0.2, -0.15) is 0 Å². The highest BCUT2D eigenvalue weighted by atomic mass is 16.3. The van der Waals surface area contributed by atoms with Crippen LogP contribution in [0.2, 0.25) is 0 Å². The van der Waals surface area contributed by atoms with Gasteiger partial charge in [0.25, 0.3) is 0 Å². The quantitative estimate of drug-likeness (QED) is 0.767. The molecule has 0 aromatic heterocycles. The fourth-order valence-electron chi connectivity index (χ4n) is 2.84. The predicted octanol–water partition coefficient (Wildman–Crippen LogP) is 0.892. The number of nitrogens with one attached hydrogen (secondary N) is 1. The van der Waals surface area contributed by atoms with Gasteiger partial charge in [-0.1, -0.05) is 12.8 Å². The first-order valence-electron chi connectivity index (χ1n) is 6.96. The zero-order chi connectivity index (χ0) is 12.1. The van der Waals surface area contributed by atoms with Crippen molar-refractivity contribution < 1.29 is 9.90 Å². The van der Waals surface area contributed by atoms with Crippen LogP contribution in [-0.4, -0.2) is 47.7 Å². The summed E-state index contributed by atoms with van der Waals surface area (Å²) in [5.41, 5.74) is 0. The van der Waals surface area contributed by atoms with Gasteiger partial charge in [-0.25, -0.2) is 0 Å². The zero-order valence-electron chi connectivity index (χ0n) is 10.5. The minimum Gasteiger partial charge on any atom is -0.392 e. The van der Waals surface area contributed by atoms with Crippen molar-refractivity contribution in [2.75, 3.05) is 19.6 Å². The number of aliphatic hydroxyl groups is 1. The first kappa shape index (κ1) is 12.8. The number of aliphatic hydroxyl groups excluding tert-OH is 1. The van der Waals surface area contributed by atoms with Crippen LogP contribution in [0.4, 0.5) is 0 Å².